The number of nitrogens with zero attached hydrogens (tertiary/aromatic N) is 1. The van der Waals surface area contributed by atoms with Gasteiger partial charge in [0.15, 0.2) is 0 Å². The maximum atomic E-state index is 11.6. The molecular formula is C14H20ClN3O. The van der Waals surface area contributed by atoms with E-state index in [1.54, 1.807) is 6.92 Å². The molecule has 0 bridgehead atoms. The number of halogens is 1. The zero-order valence-electron chi connectivity index (χ0n) is 11.1. The Kier molecular flexibility index (Phi) is 4.66. The maximum Gasteiger partial charge on any atom is 0.236 e. The van der Waals surface area contributed by atoms with Gasteiger partial charge in [0.1, 0.15) is 0 Å². The number of rotatable bonds is 3. The predicted octanol–water partition coefficient (Wildman–Crippen LogP) is 1.77. The summed E-state index contributed by atoms with van der Waals surface area (Å²) in [5.41, 5.74) is 6.61. The number of piperidine rings is 1. The summed E-state index contributed by atoms with van der Waals surface area (Å²) in [6.45, 7) is 3.44. The van der Waals surface area contributed by atoms with Crippen molar-refractivity contribution in [3.05, 3.63) is 29.3 Å². The summed E-state index contributed by atoms with van der Waals surface area (Å²) < 4.78 is 0. The first-order chi connectivity index (χ1) is 9.08. The van der Waals surface area contributed by atoms with Crippen LogP contribution in [0, 0.1) is 0 Å². The van der Waals surface area contributed by atoms with E-state index in [2.05, 4.69) is 10.2 Å². The number of anilines is 1. The topological polar surface area (TPSA) is 58.4 Å². The van der Waals surface area contributed by atoms with Crippen LogP contribution in [0.3, 0.4) is 0 Å². The zero-order chi connectivity index (χ0) is 13.8. The Morgan fingerprint density at radius 3 is 2.95 bits per heavy atom. The number of carbonyl (C=O) groups excluding carboxylic acids is 1. The third kappa shape index (κ3) is 3.61. The molecule has 0 aliphatic carbocycles. The van der Waals surface area contributed by atoms with Gasteiger partial charge in [0.05, 0.1) is 16.8 Å². The molecule has 4 nitrogen and oxygen atoms in total. The van der Waals surface area contributed by atoms with E-state index in [0.29, 0.717) is 0 Å². The minimum absolute atomic E-state index is 0.0917. The number of hydrogen-bond acceptors (Lipinski definition) is 3. The molecule has 1 heterocycles. The highest BCUT2D eigenvalue weighted by Crippen LogP contribution is 2.27. The van der Waals surface area contributed by atoms with Gasteiger partial charge in [-0.15, -0.1) is 0 Å². The molecule has 0 radical (unpaired) electrons. The number of para-hydroxylation sites is 1. The van der Waals surface area contributed by atoms with Crippen molar-refractivity contribution in [3.8, 4) is 0 Å². The highest BCUT2D eigenvalue weighted by atomic mass is 35.5. The van der Waals surface area contributed by atoms with Crippen LogP contribution < -0.4 is 16.0 Å². The molecule has 3 N–H and O–H groups in total. The van der Waals surface area contributed by atoms with Gasteiger partial charge in [0.2, 0.25) is 5.91 Å². The fraction of sp³-hybridized carbons (Fsp3) is 0.500. The number of amides is 1. The second-order valence-electron chi connectivity index (χ2n) is 5.03. The van der Waals surface area contributed by atoms with Crippen molar-refractivity contribution in [3.63, 3.8) is 0 Å². The number of nitrogens with two attached hydrogens (primary N) is 1. The van der Waals surface area contributed by atoms with Crippen molar-refractivity contribution in [1.29, 1.82) is 0 Å². The van der Waals surface area contributed by atoms with Gasteiger partial charge in [-0.1, -0.05) is 23.7 Å². The molecule has 5 heteroatoms. The zero-order valence-corrected chi connectivity index (χ0v) is 11.9. The van der Waals surface area contributed by atoms with Crippen molar-refractivity contribution in [1.82, 2.24) is 5.32 Å². The molecule has 1 fully saturated rings. The first-order valence-electron chi connectivity index (χ1n) is 6.63. The Morgan fingerprint density at radius 1 is 1.53 bits per heavy atom. The van der Waals surface area contributed by atoms with E-state index in [0.717, 1.165) is 36.6 Å². The lowest BCUT2D eigenvalue weighted by atomic mass is 10.0. The summed E-state index contributed by atoms with van der Waals surface area (Å²) in [7, 11) is 0. The third-order valence-electron chi connectivity index (χ3n) is 3.37. The Bertz CT molecular complexity index is 450. The van der Waals surface area contributed by atoms with Crippen molar-refractivity contribution in [2.75, 3.05) is 18.0 Å². The summed E-state index contributed by atoms with van der Waals surface area (Å²) in [6, 6.07) is 7.48. The van der Waals surface area contributed by atoms with Gasteiger partial charge >= 0.3 is 0 Å². The van der Waals surface area contributed by atoms with Crippen LogP contribution in [-0.4, -0.2) is 31.1 Å². The Balaban J connectivity index is 2.01. The third-order valence-corrected chi connectivity index (χ3v) is 3.69. The van der Waals surface area contributed by atoms with Crippen LogP contribution in [0.15, 0.2) is 24.3 Å². The lowest BCUT2D eigenvalue weighted by Crippen LogP contribution is -2.51. The monoisotopic (exact) mass is 281 g/mol. The Morgan fingerprint density at radius 2 is 2.26 bits per heavy atom. The second-order valence-corrected chi connectivity index (χ2v) is 5.44. The van der Waals surface area contributed by atoms with Gasteiger partial charge in [0, 0.05) is 19.1 Å². The number of carbonyl (C=O) groups is 1. The van der Waals surface area contributed by atoms with E-state index < -0.39 is 6.04 Å². The molecule has 2 unspecified atom stereocenters. The quantitative estimate of drug-likeness (QED) is 0.888. The van der Waals surface area contributed by atoms with Crippen LogP contribution in [0.1, 0.15) is 19.8 Å². The molecule has 2 atom stereocenters. The molecule has 1 aliphatic rings. The molecule has 1 aromatic rings. The summed E-state index contributed by atoms with van der Waals surface area (Å²) in [5, 5.41) is 3.74. The Hall–Kier alpha value is -1.26. The van der Waals surface area contributed by atoms with Gasteiger partial charge in [0.25, 0.3) is 0 Å². The molecule has 0 saturated carbocycles. The van der Waals surface area contributed by atoms with Crippen LogP contribution in [0.5, 0.6) is 0 Å². The maximum absolute atomic E-state index is 11.6. The van der Waals surface area contributed by atoms with Crippen molar-refractivity contribution < 1.29 is 4.79 Å². The SMILES string of the molecule is CC(N)C(=O)NC1CCCN(c2ccccc2Cl)C1. The first kappa shape index (κ1) is 14.2. The van der Waals surface area contributed by atoms with Crippen LogP contribution in [0.2, 0.25) is 5.02 Å². The molecule has 2 rings (SSSR count). The van der Waals surface area contributed by atoms with E-state index in [-0.39, 0.29) is 11.9 Å². The molecule has 1 aromatic carbocycles. The number of benzene rings is 1. The smallest absolute Gasteiger partial charge is 0.236 e. The summed E-state index contributed by atoms with van der Waals surface area (Å²) in [4.78, 5) is 13.9. The fourth-order valence-electron chi connectivity index (χ4n) is 2.35. The van der Waals surface area contributed by atoms with Gasteiger partial charge in [-0.3, -0.25) is 4.79 Å². The van der Waals surface area contributed by atoms with Crippen LogP contribution in [0.4, 0.5) is 5.69 Å². The minimum Gasteiger partial charge on any atom is -0.368 e. The largest absolute Gasteiger partial charge is 0.368 e. The fourth-order valence-corrected chi connectivity index (χ4v) is 2.61. The molecule has 0 aromatic heterocycles. The average Bonchev–Trinajstić information content (AvgIpc) is 2.39. The lowest BCUT2D eigenvalue weighted by Gasteiger charge is -2.35. The van der Waals surface area contributed by atoms with E-state index >= 15 is 0 Å². The van der Waals surface area contributed by atoms with E-state index in [1.807, 2.05) is 24.3 Å². The normalized spacial score (nSPS) is 21.0. The van der Waals surface area contributed by atoms with Crippen molar-refractivity contribution in [2.45, 2.75) is 31.8 Å². The molecule has 1 saturated heterocycles. The highest BCUT2D eigenvalue weighted by molar-refractivity contribution is 6.33. The molecule has 19 heavy (non-hydrogen) atoms. The Labute approximate surface area is 118 Å². The van der Waals surface area contributed by atoms with Gasteiger partial charge in [-0.05, 0) is 31.9 Å². The first-order valence-corrected chi connectivity index (χ1v) is 7.01. The van der Waals surface area contributed by atoms with E-state index in [4.69, 9.17) is 17.3 Å². The van der Waals surface area contributed by atoms with Crippen molar-refractivity contribution >= 4 is 23.2 Å². The van der Waals surface area contributed by atoms with Crippen LogP contribution in [-0.2, 0) is 4.79 Å². The highest BCUT2D eigenvalue weighted by Gasteiger charge is 2.23. The van der Waals surface area contributed by atoms with Crippen molar-refractivity contribution in [2.24, 2.45) is 5.73 Å². The van der Waals surface area contributed by atoms with Crippen LogP contribution in [0.25, 0.3) is 0 Å². The average molecular weight is 282 g/mol. The molecular weight excluding hydrogens is 262 g/mol. The summed E-state index contributed by atoms with van der Waals surface area (Å²) in [6.07, 6.45) is 2.02. The molecule has 1 amide bonds. The molecule has 1 aliphatic heterocycles. The van der Waals surface area contributed by atoms with Crippen LogP contribution >= 0.6 is 11.6 Å². The summed E-state index contributed by atoms with van der Waals surface area (Å²) >= 11 is 6.21. The van der Waals surface area contributed by atoms with E-state index in [9.17, 15) is 4.79 Å². The van der Waals surface area contributed by atoms with Gasteiger partial charge in [-0.25, -0.2) is 0 Å². The van der Waals surface area contributed by atoms with Gasteiger partial charge < -0.3 is 16.0 Å². The predicted molar refractivity (Wildman–Crippen MR) is 78.5 cm³/mol. The van der Waals surface area contributed by atoms with E-state index in [1.165, 1.54) is 0 Å². The lowest BCUT2D eigenvalue weighted by molar-refractivity contribution is -0.122. The molecule has 0 spiro atoms. The molecule has 104 valence electrons. The standard InChI is InChI=1S/C14H20ClN3O/c1-10(16)14(19)17-11-5-4-8-18(9-11)13-7-3-2-6-12(13)15/h2-3,6-7,10-11H,4-5,8-9,16H2,1H3,(H,17,19). The van der Waals surface area contributed by atoms with Gasteiger partial charge in [-0.2, -0.15) is 0 Å². The summed E-state index contributed by atoms with van der Waals surface area (Å²) in [5.74, 6) is -0.0917. The minimum atomic E-state index is -0.462. The number of hydrogen-bond donors (Lipinski definition) is 2. The second kappa shape index (κ2) is 6.26. The number of nitrogens with one attached hydrogen (secondary N) is 1.